The van der Waals surface area contributed by atoms with Crippen LogP contribution in [-0.2, 0) is 0 Å². The second-order valence-corrected chi connectivity index (χ2v) is 10.3. The predicted molar refractivity (Wildman–Crippen MR) is 146 cm³/mol. The molecule has 4 rings (SSSR count). The van der Waals surface area contributed by atoms with Crippen LogP contribution in [0.3, 0.4) is 0 Å². The summed E-state index contributed by atoms with van der Waals surface area (Å²) in [7, 11) is 0. The molecule has 9 heteroatoms. The molecule has 0 unspecified atom stereocenters. The number of rotatable bonds is 8. The van der Waals surface area contributed by atoms with Gasteiger partial charge < -0.3 is 19.6 Å². The molecule has 0 spiro atoms. The molecular weight excluding hydrogens is 528 g/mol. The molecule has 35 heavy (non-hydrogen) atoms. The van der Waals surface area contributed by atoms with E-state index in [0.717, 1.165) is 37.6 Å². The normalized spacial score (nSPS) is 17.1. The van der Waals surface area contributed by atoms with Crippen LogP contribution in [0.25, 0.3) is 0 Å². The van der Waals surface area contributed by atoms with E-state index in [9.17, 15) is 5.11 Å². The van der Waals surface area contributed by atoms with Gasteiger partial charge in [0.2, 0.25) is 0 Å². The van der Waals surface area contributed by atoms with Crippen molar-refractivity contribution in [2.24, 2.45) is 4.99 Å². The van der Waals surface area contributed by atoms with Crippen molar-refractivity contribution in [2.75, 3.05) is 32.8 Å². The Kier molecular flexibility index (Phi) is 8.77. The number of hydrogen-bond donors (Lipinski definition) is 1. The Bertz CT molecular complexity index is 1150. The van der Waals surface area contributed by atoms with Gasteiger partial charge in [0.25, 0.3) is 0 Å². The van der Waals surface area contributed by atoms with Gasteiger partial charge in [-0.15, -0.1) is 0 Å². The molecule has 186 valence electrons. The fourth-order valence-corrected chi connectivity index (χ4v) is 4.45. The van der Waals surface area contributed by atoms with Gasteiger partial charge in [0.1, 0.15) is 6.61 Å². The molecular formula is C26H27Cl4N3O2. The monoisotopic (exact) mass is 553 g/mol. The van der Waals surface area contributed by atoms with Crippen LogP contribution in [-0.4, -0.2) is 53.4 Å². The topological polar surface area (TPSA) is 48.3 Å². The summed E-state index contributed by atoms with van der Waals surface area (Å²) in [6, 6.07) is 6.71. The van der Waals surface area contributed by atoms with Gasteiger partial charge in [-0.3, -0.25) is 4.99 Å². The van der Waals surface area contributed by atoms with Gasteiger partial charge in [-0.25, -0.2) is 0 Å². The van der Waals surface area contributed by atoms with Gasteiger partial charge in [-0.1, -0.05) is 46.4 Å². The van der Waals surface area contributed by atoms with Crippen molar-refractivity contribution in [3.63, 3.8) is 0 Å². The summed E-state index contributed by atoms with van der Waals surface area (Å²) in [6.07, 6.45) is 10.4. The van der Waals surface area contributed by atoms with E-state index >= 15 is 0 Å². The molecule has 1 saturated carbocycles. The maximum atomic E-state index is 9.89. The van der Waals surface area contributed by atoms with Crippen molar-refractivity contribution in [3.05, 3.63) is 74.5 Å². The number of nitrogens with zero attached hydrogens (tertiary/aromatic N) is 3. The van der Waals surface area contributed by atoms with Gasteiger partial charge in [-0.2, -0.15) is 0 Å². The highest BCUT2D eigenvalue weighted by molar-refractivity contribution is 6.42. The summed E-state index contributed by atoms with van der Waals surface area (Å²) in [4.78, 5) is 9.32. The first-order valence-corrected chi connectivity index (χ1v) is 13.0. The third-order valence-corrected chi connectivity index (χ3v) is 7.36. The standard InChI is InChI=1S/C26H27Cl4N3O2/c1-17(31-24-14-21(28)20(27)13-19(24)18-3-4-18)5-7-33-10-8-32(9-11-33)6-2-12-35-26-16-23(30)22(29)15-25(26)34/h2,5-7,13-16,18,34H,3-4,8-12H2,1H3/b6-2+,7-5+,31-17?. The van der Waals surface area contributed by atoms with Crippen LogP contribution in [0, 0.1) is 0 Å². The van der Waals surface area contributed by atoms with Crippen LogP contribution in [0.15, 0.2) is 53.8 Å². The number of allylic oxidation sites excluding steroid dienone is 1. The van der Waals surface area contributed by atoms with Gasteiger partial charge in [0, 0.05) is 50.2 Å². The molecule has 0 atom stereocenters. The largest absolute Gasteiger partial charge is 0.504 e. The van der Waals surface area contributed by atoms with E-state index in [2.05, 4.69) is 16.0 Å². The Hall–Kier alpha value is -2.05. The highest BCUT2D eigenvalue weighted by Crippen LogP contribution is 2.46. The zero-order valence-corrected chi connectivity index (χ0v) is 22.4. The average Bonchev–Trinajstić information content (AvgIpc) is 3.67. The molecule has 2 aromatic rings. The van der Waals surface area contributed by atoms with Crippen LogP contribution < -0.4 is 4.74 Å². The molecule has 0 aromatic heterocycles. The highest BCUT2D eigenvalue weighted by atomic mass is 35.5. The molecule has 1 aliphatic carbocycles. The van der Waals surface area contributed by atoms with Gasteiger partial charge >= 0.3 is 0 Å². The maximum absolute atomic E-state index is 9.89. The lowest BCUT2D eigenvalue weighted by Gasteiger charge is -2.33. The van der Waals surface area contributed by atoms with Gasteiger partial charge in [0.15, 0.2) is 11.5 Å². The molecule has 2 aromatic carbocycles. The molecule has 2 aliphatic rings. The summed E-state index contributed by atoms with van der Waals surface area (Å²) in [5, 5.41) is 11.7. The lowest BCUT2D eigenvalue weighted by Crippen LogP contribution is -2.41. The summed E-state index contributed by atoms with van der Waals surface area (Å²) in [6.45, 7) is 5.92. The third kappa shape index (κ3) is 7.23. The summed E-state index contributed by atoms with van der Waals surface area (Å²) < 4.78 is 5.58. The molecule has 1 heterocycles. The molecule has 2 fully saturated rings. The highest BCUT2D eigenvalue weighted by Gasteiger charge is 2.27. The summed E-state index contributed by atoms with van der Waals surface area (Å²) >= 11 is 24.3. The van der Waals surface area contributed by atoms with Crippen molar-refractivity contribution in [1.82, 2.24) is 9.80 Å². The second-order valence-electron chi connectivity index (χ2n) is 8.67. The van der Waals surface area contributed by atoms with Crippen molar-refractivity contribution in [2.45, 2.75) is 25.7 Å². The number of phenols is 1. The summed E-state index contributed by atoms with van der Waals surface area (Å²) in [5.74, 6) is 0.817. The average molecular weight is 555 g/mol. The van der Waals surface area contributed by atoms with E-state index in [-0.39, 0.29) is 10.8 Å². The predicted octanol–water partition coefficient (Wildman–Crippen LogP) is 7.70. The quantitative estimate of drug-likeness (QED) is 0.339. The third-order valence-electron chi connectivity index (χ3n) is 5.91. The van der Waals surface area contributed by atoms with Crippen LogP contribution in [0.1, 0.15) is 31.2 Å². The summed E-state index contributed by atoms with van der Waals surface area (Å²) in [5.41, 5.74) is 3.02. The smallest absolute Gasteiger partial charge is 0.162 e. The van der Waals surface area contributed by atoms with E-state index in [1.807, 2.05) is 37.4 Å². The van der Waals surface area contributed by atoms with Crippen LogP contribution in [0.5, 0.6) is 11.5 Å². The van der Waals surface area contributed by atoms with Crippen LogP contribution >= 0.6 is 46.4 Å². The molecule has 1 N–H and O–H groups in total. The Morgan fingerprint density at radius 1 is 0.943 bits per heavy atom. The van der Waals surface area contributed by atoms with Gasteiger partial charge in [-0.05, 0) is 61.7 Å². The number of benzene rings is 2. The Labute approximate surface area is 226 Å². The van der Waals surface area contributed by atoms with E-state index in [4.69, 9.17) is 56.1 Å². The SMILES string of the molecule is CC(/C=C/N1CCN(/C=C/COc2cc(Cl)c(Cl)cc2O)CC1)=Nc1cc(Cl)c(Cl)cc1C1CC1. The first-order valence-electron chi connectivity index (χ1n) is 11.5. The van der Waals surface area contributed by atoms with E-state index in [1.54, 1.807) is 0 Å². The van der Waals surface area contributed by atoms with Crippen molar-refractivity contribution in [1.29, 1.82) is 0 Å². The van der Waals surface area contributed by atoms with E-state index in [1.165, 1.54) is 30.5 Å². The van der Waals surface area contributed by atoms with Crippen molar-refractivity contribution < 1.29 is 9.84 Å². The zero-order chi connectivity index (χ0) is 24.9. The molecule has 1 saturated heterocycles. The molecule has 5 nitrogen and oxygen atoms in total. The Balaban J connectivity index is 1.25. The first kappa shape index (κ1) is 26.0. The Morgan fingerprint density at radius 3 is 2.23 bits per heavy atom. The van der Waals surface area contributed by atoms with Crippen LogP contribution in [0.2, 0.25) is 20.1 Å². The molecule has 1 aliphatic heterocycles. The second kappa shape index (κ2) is 11.8. The fourth-order valence-electron chi connectivity index (χ4n) is 3.81. The number of hydrogen-bond acceptors (Lipinski definition) is 5. The molecule has 0 bridgehead atoms. The van der Waals surface area contributed by atoms with Gasteiger partial charge in [0.05, 0.1) is 25.8 Å². The number of piperazine rings is 1. The number of ether oxygens (including phenoxy) is 1. The minimum absolute atomic E-state index is 0.0324. The minimum atomic E-state index is -0.0324. The Morgan fingerprint density at radius 2 is 1.54 bits per heavy atom. The maximum Gasteiger partial charge on any atom is 0.162 e. The van der Waals surface area contributed by atoms with E-state index < -0.39 is 0 Å². The lowest BCUT2D eigenvalue weighted by molar-refractivity contribution is 0.217. The minimum Gasteiger partial charge on any atom is -0.504 e. The van der Waals surface area contributed by atoms with Crippen molar-refractivity contribution in [3.8, 4) is 11.5 Å². The fraction of sp³-hybridized carbons (Fsp3) is 0.346. The lowest BCUT2D eigenvalue weighted by atomic mass is 10.1. The number of halogens is 4. The van der Waals surface area contributed by atoms with Crippen molar-refractivity contribution >= 4 is 57.8 Å². The number of aliphatic imine (C=N–C) groups is 1. The van der Waals surface area contributed by atoms with Crippen LogP contribution in [0.4, 0.5) is 5.69 Å². The number of phenolic OH excluding ortho intramolecular Hbond substituents is 1. The first-order chi connectivity index (χ1) is 16.8. The zero-order valence-electron chi connectivity index (χ0n) is 19.4. The molecule has 0 amide bonds. The molecule has 0 radical (unpaired) electrons. The number of aromatic hydroxyl groups is 1. The van der Waals surface area contributed by atoms with E-state index in [0.29, 0.717) is 33.3 Å².